The second-order valence-electron chi connectivity index (χ2n) is 11.8. The van der Waals surface area contributed by atoms with Crippen LogP contribution in [-0.4, -0.2) is 53.8 Å². The lowest BCUT2D eigenvalue weighted by Gasteiger charge is -2.45. The van der Waals surface area contributed by atoms with Gasteiger partial charge in [0, 0.05) is 17.5 Å². The lowest BCUT2D eigenvalue weighted by molar-refractivity contribution is -0.160. The highest BCUT2D eigenvalue weighted by atomic mass is 16.5. The van der Waals surface area contributed by atoms with Crippen LogP contribution in [0.3, 0.4) is 0 Å². The first-order valence-electron chi connectivity index (χ1n) is 15.6. The first-order chi connectivity index (χ1) is 21.8. The molecular formula is C36H36N2O7. The van der Waals surface area contributed by atoms with Gasteiger partial charge in [-0.25, -0.2) is 9.59 Å². The van der Waals surface area contributed by atoms with Crippen molar-refractivity contribution in [1.82, 2.24) is 4.90 Å². The van der Waals surface area contributed by atoms with Crippen LogP contribution < -0.4 is 5.32 Å². The van der Waals surface area contributed by atoms with Crippen LogP contribution in [-0.2, 0) is 28.7 Å². The van der Waals surface area contributed by atoms with Crippen molar-refractivity contribution in [2.24, 2.45) is 11.8 Å². The molecule has 3 aliphatic carbocycles. The Hall–Kier alpha value is -4.79. The molecule has 3 atom stereocenters. The van der Waals surface area contributed by atoms with Crippen molar-refractivity contribution in [3.8, 4) is 0 Å². The highest BCUT2D eigenvalue weighted by Gasteiger charge is 2.63. The second-order valence-corrected chi connectivity index (χ2v) is 11.8. The molecule has 0 saturated carbocycles. The van der Waals surface area contributed by atoms with Gasteiger partial charge in [0.25, 0.3) is 5.91 Å². The molecule has 3 aromatic carbocycles. The number of imide groups is 1. The molecule has 1 saturated heterocycles. The first kappa shape index (κ1) is 30.2. The fourth-order valence-electron chi connectivity index (χ4n) is 7.16. The van der Waals surface area contributed by atoms with E-state index in [1.807, 2.05) is 62.4 Å². The Kier molecular flexibility index (Phi) is 8.52. The van der Waals surface area contributed by atoms with E-state index in [0.29, 0.717) is 30.7 Å². The number of rotatable bonds is 11. The van der Waals surface area contributed by atoms with Gasteiger partial charge in [0.1, 0.15) is 6.04 Å². The summed E-state index contributed by atoms with van der Waals surface area (Å²) >= 11 is 0. The van der Waals surface area contributed by atoms with Crippen LogP contribution in [0.4, 0.5) is 5.69 Å². The molecule has 9 nitrogen and oxygen atoms in total. The molecule has 0 aromatic heterocycles. The van der Waals surface area contributed by atoms with Gasteiger partial charge in [0.2, 0.25) is 11.8 Å². The predicted octanol–water partition coefficient (Wildman–Crippen LogP) is 5.19. The number of ether oxygens (including phenoxy) is 2. The van der Waals surface area contributed by atoms with Crippen molar-refractivity contribution in [3.63, 3.8) is 0 Å². The third-order valence-electron chi connectivity index (χ3n) is 9.08. The predicted molar refractivity (Wildman–Crippen MR) is 165 cm³/mol. The SMILES string of the molecule is CCCC[C@H](C(=O)OCC(=O)Nc1ccc(C(=O)OCCC)cc1)N1C(=O)[C@@H]2C3c4ccccc4C(c4ccccc43)[C@@H]2C1=O. The minimum Gasteiger partial charge on any atom is -0.462 e. The Morgan fingerprint density at radius 3 is 1.78 bits per heavy atom. The summed E-state index contributed by atoms with van der Waals surface area (Å²) in [5, 5.41) is 2.64. The Morgan fingerprint density at radius 1 is 0.756 bits per heavy atom. The number of carbonyl (C=O) groups is 5. The number of carbonyl (C=O) groups excluding carboxylic acids is 5. The lowest BCUT2D eigenvalue weighted by Crippen LogP contribution is -2.47. The van der Waals surface area contributed by atoms with Crippen LogP contribution in [0.25, 0.3) is 0 Å². The zero-order valence-corrected chi connectivity index (χ0v) is 25.4. The second kappa shape index (κ2) is 12.7. The first-order valence-corrected chi connectivity index (χ1v) is 15.6. The number of likely N-dealkylation sites (tertiary alicyclic amines) is 1. The van der Waals surface area contributed by atoms with Gasteiger partial charge in [-0.1, -0.05) is 75.2 Å². The van der Waals surface area contributed by atoms with E-state index in [9.17, 15) is 24.0 Å². The molecule has 3 aromatic rings. The van der Waals surface area contributed by atoms with Crippen LogP contribution in [0.2, 0.25) is 0 Å². The highest BCUT2D eigenvalue weighted by molar-refractivity contribution is 6.10. The van der Waals surface area contributed by atoms with E-state index in [2.05, 4.69) is 5.32 Å². The van der Waals surface area contributed by atoms with Gasteiger partial charge in [-0.3, -0.25) is 19.3 Å². The maximum atomic E-state index is 14.2. The average Bonchev–Trinajstić information content (AvgIpc) is 3.32. The lowest BCUT2D eigenvalue weighted by atomic mass is 9.55. The van der Waals surface area contributed by atoms with Crippen LogP contribution in [0, 0.1) is 11.8 Å². The van der Waals surface area contributed by atoms with Gasteiger partial charge in [-0.05, 0) is 59.4 Å². The van der Waals surface area contributed by atoms with Crippen molar-refractivity contribution >= 4 is 35.3 Å². The van der Waals surface area contributed by atoms with Crippen LogP contribution in [0.5, 0.6) is 0 Å². The quantitative estimate of drug-likeness (QED) is 0.235. The standard InChI is InChI=1S/C36H36N2O7/c1-3-5-14-27(36(43)45-20-28(39)37-22-17-15-21(16-18-22)35(42)44-19-4-2)38-33(40)31-29-23-10-6-7-11-24(23)30(32(31)34(38)41)26-13-9-8-12-25(26)29/h6-13,15-18,27,29-32H,3-5,14,19-20H2,1-2H3,(H,37,39)/t27-,29?,30?,31-,32+/m1/s1. The van der Waals surface area contributed by atoms with Gasteiger partial charge >= 0.3 is 11.9 Å². The monoisotopic (exact) mass is 608 g/mol. The van der Waals surface area contributed by atoms with Gasteiger partial charge < -0.3 is 14.8 Å². The van der Waals surface area contributed by atoms with E-state index in [-0.39, 0.29) is 30.1 Å². The molecule has 2 bridgehead atoms. The number of benzene rings is 3. The molecule has 3 amide bonds. The van der Waals surface area contributed by atoms with Crippen molar-refractivity contribution < 1.29 is 33.4 Å². The third kappa shape index (κ3) is 5.41. The number of hydrogen-bond acceptors (Lipinski definition) is 7. The summed E-state index contributed by atoms with van der Waals surface area (Å²) in [5.74, 6) is -4.29. The van der Waals surface area contributed by atoms with E-state index in [4.69, 9.17) is 9.47 Å². The summed E-state index contributed by atoms with van der Waals surface area (Å²) in [6.45, 7) is 3.60. The van der Waals surface area contributed by atoms with Gasteiger partial charge in [0.15, 0.2) is 6.61 Å². The molecule has 1 N–H and O–H groups in total. The van der Waals surface area contributed by atoms with Gasteiger partial charge in [-0.15, -0.1) is 0 Å². The van der Waals surface area contributed by atoms with Gasteiger partial charge in [-0.2, -0.15) is 0 Å². The number of nitrogens with one attached hydrogen (secondary N) is 1. The van der Waals surface area contributed by atoms with Crippen molar-refractivity contribution in [2.45, 2.75) is 57.4 Å². The van der Waals surface area contributed by atoms with Crippen LogP contribution >= 0.6 is 0 Å². The number of esters is 2. The molecule has 1 heterocycles. The molecule has 0 spiro atoms. The van der Waals surface area contributed by atoms with E-state index in [1.54, 1.807) is 12.1 Å². The van der Waals surface area contributed by atoms with E-state index < -0.39 is 42.3 Å². The average molecular weight is 609 g/mol. The van der Waals surface area contributed by atoms with Crippen LogP contribution in [0.1, 0.15) is 84.0 Å². The van der Waals surface area contributed by atoms with E-state index >= 15 is 0 Å². The molecule has 0 radical (unpaired) electrons. The highest BCUT2D eigenvalue weighted by Crippen LogP contribution is 2.61. The summed E-state index contributed by atoms with van der Waals surface area (Å²) in [6, 6.07) is 21.0. The van der Waals surface area contributed by atoms with Crippen molar-refractivity contribution in [3.05, 3.63) is 101 Å². The normalized spacial score (nSPS) is 21.4. The Balaban J connectivity index is 1.17. The number of nitrogens with zero attached hydrogens (tertiary/aromatic N) is 1. The molecular weight excluding hydrogens is 572 g/mol. The molecule has 0 unspecified atom stereocenters. The molecule has 9 heteroatoms. The zero-order chi connectivity index (χ0) is 31.7. The fourth-order valence-corrected chi connectivity index (χ4v) is 7.16. The summed E-state index contributed by atoms with van der Waals surface area (Å²) in [5.41, 5.74) is 4.99. The maximum Gasteiger partial charge on any atom is 0.338 e. The molecule has 232 valence electrons. The minimum absolute atomic E-state index is 0.249. The summed E-state index contributed by atoms with van der Waals surface area (Å²) in [6.07, 6.45) is 2.30. The smallest absolute Gasteiger partial charge is 0.338 e. The molecule has 1 aliphatic heterocycles. The van der Waals surface area contributed by atoms with Crippen molar-refractivity contribution in [1.29, 1.82) is 0 Å². The van der Waals surface area contributed by atoms with E-state index in [0.717, 1.165) is 33.6 Å². The summed E-state index contributed by atoms with van der Waals surface area (Å²) < 4.78 is 10.5. The number of anilines is 1. The summed E-state index contributed by atoms with van der Waals surface area (Å²) in [7, 11) is 0. The topological polar surface area (TPSA) is 119 Å². The van der Waals surface area contributed by atoms with E-state index in [1.165, 1.54) is 12.1 Å². The molecule has 45 heavy (non-hydrogen) atoms. The van der Waals surface area contributed by atoms with Crippen molar-refractivity contribution in [2.75, 3.05) is 18.5 Å². The largest absolute Gasteiger partial charge is 0.462 e. The maximum absolute atomic E-state index is 14.2. The van der Waals surface area contributed by atoms with Gasteiger partial charge in [0.05, 0.1) is 24.0 Å². The number of unbranched alkanes of at least 4 members (excludes halogenated alkanes) is 1. The zero-order valence-electron chi connectivity index (χ0n) is 25.4. The molecule has 1 fully saturated rings. The minimum atomic E-state index is -1.12. The fraction of sp³-hybridized carbons (Fsp3) is 0.361. The molecule has 4 aliphatic rings. The van der Waals surface area contributed by atoms with Crippen LogP contribution in [0.15, 0.2) is 72.8 Å². The Bertz CT molecular complexity index is 1530. The summed E-state index contributed by atoms with van der Waals surface area (Å²) in [4.78, 5) is 67.7. The Morgan fingerprint density at radius 2 is 1.29 bits per heavy atom. The molecule has 7 rings (SSSR count). The Labute approximate surface area is 261 Å². The number of hydrogen-bond donors (Lipinski definition) is 1. The third-order valence-corrected chi connectivity index (χ3v) is 9.08. The number of amides is 3.